The van der Waals surface area contributed by atoms with E-state index in [4.69, 9.17) is 23.7 Å². The zero-order valence-corrected chi connectivity index (χ0v) is 16.6. The minimum atomic E-state index is -1.33. The average Bonchev–Trinajstić information content (AvgIpc) is 3.30. The van der Waals surface area contributed by atoms with Gasteiger partial charge in [0, 0.05) is 0 Å². The van der Waals surface area contributed by atoms with Crippen LogP contribution >= 0.6 is 0 Å². The molecule has 2 aliphatic rings. The zero-order valence-electron chi connectivity index (χ0n) is 16.6. The van der Waals surface area contributed by atoms with Crippen LogP contribution in [0.15, 0.2) is 0 Å². The Bertz CT molecular complexity index is 765. The van der Waals surface area contributed by atoms with Crippen LogP contribution in [0.25, 0.3) is 0 Å². The lowest BCUT2D eigenvalue weighted by Gasteiger charge is -2.28. The van der Waals surface area contributed by atoms with Crippen LogP contribution in [0.4, 0.5) is 0 Å². The van der Waals surface area contributed by atoms with Gasteiger partial charge in [-0.05, 0) is 27.7 Å². The van der Waals surface area contributed by atoms with E-state index < -0.39 is 55.0 Å². The molecular formula is C17H25N3O9. The van der Waals surface area contributed by atoms with Crippen molar-refractivity contribution in [2.75, 3.05) is 19.8 Å². The monoisotopic (exact) mass is 415 g/mol. The number of fused-ring (bicyclic) bond motifs is 1. The Morgan fingerprint density at radius 3 is 2.48 bits per heavy atom. The summed E-state index contributed by atoms with van der Waals surface area (Å²) in [7, 11) is 0. The van der Waals surface area contributed by atoms with E-state index in [9.17, 15) is 19.8 Å². The van der Waals surface area contributed by atoms with E-state index in [2.05, 4.69) is 10.3 Å². The summed E-state index contributed by atoms with van der Waals surface area (Å²) in [5.74, 6) is -2.68. The fourth-order valence-electron chi connectivity index (χ4n) is 3.45. The van der Waals surface area contributed by atoms with Crippen molar-refractivity contribution >= 4 is 11.9 Å². The van der Waals surface area contributed by atoms with Crippen LogP contribution in [0.3, 0.4) is 0 Å². The third-order valence-electron chi connectivity index (χ3n) is 4.53. The molecule has 0 saturated carbocycles. The zero-order chi connectivity index (χ0) is 21.3. The minimum Gasteiger partial charge on any atom is -0.461 e. The van der Waals surface area contributed by atoms with Crippen molar-refractivity contribution in [1.82, 2.24) is 15.0 Å². The first kappa shape index (κ1) is 21.6. The first-order valence-electron chi connectivity index (χ1n) is 9.33. The highest BCUT2D eigenvalue weighted by Gasteiger charge is 2.58. The molecule has 0 radical (unpaired) electrons. The molecule has 1 aromatic heterocycles. The highest BCUT2D eigenvalue weighted by atomic mass is 16.8. The lowest BCUT2D eigenvalue weighted by Crippen LogP contribution is -2.41. The lowest BCUT2D eigenvalue weighted by molar-refractivity contribution is -0.221. The summed E-state index contributed by atoms with van der Waals surface area (Å²) in [6.07, 6.45) is -4.05. The first-order chi connectivity index (χ1) is 13.7. The number of hydrogen-bond donors (Lipinski definition) is 2. The summed E-state index contributed by atoms with van der Waals surface area (Å²) in [6.45, 7) is 6.09. The van der Waals surface area contributed by atoms with E-state index in [1.165, 1.54) is 0 Å². The van der Waals surface area contributed by atoms with Gasteiger partial charge in [-0.1, -0.05) is 5.21 Å². The summed E-state index contributed by atoms with van der Waals surface area (Å²) < 4.78 is 28.4. The van der Waals surface area contributed by atoms with Crippen LogP contribution in [0.1, 0.15) is 54.7 Å². The summed E-state index contributed by atoms with van der Waals surface area (Å²) >= 11 is 0. The molecule has 0 bridgehead atoms. The Morgan fingerprint density at radius 2 is 1.86 bits per heavy atom. The molecule has 2 fully saturated rings. The number of carbonyl (C=O) groups excluding carboxylic acids is 2. The van der Waals surface area contributed by atoms with Gasteiger partial charge in [-0.2, -0.15) is 0 Å². The number of carbonyl (C=O) groups is 2. The van der Waals surface area contributed by atoms with E-state index in [0.29, 0.717) is 0 Å². The van der Waals surface area contributed by atoms with Gasteiger partial charge in [-0.15, -0.1) is 5.10 Å². The van der Waals surface area contributed by atoms with E-state index in [1.54, 1.807) is 27.7 Å². The molecule has 2 saturated heterocycles. The van der Waals surface area contributed by atoms with Crippen molar-refractivity contribution in [2.45, 2.75) is 64.1 Å². The molecule has 12 heteroatoms. The largest absolute Gasteiger partial charge is 0.461 e. The highest BCUT2D eigenvalue weighted by molar-refractivity contribution is 6.00. The maximum atomic E-state index is 12.6. The van der Waals surface area contributed by atoms with E-state index in [1.807, 2.05) is 0 Å². The molecule has 5 atom stereocenters. The van der Waals surface area contributed by atoms with Crippen molar-refractivity contribution in [2.24, 2.45) is 0 Å². The number of rotatable bonds is 7. The highest BCUT2D eigenvalue weighted by Crippen LogP contribution is 2.44. The summed E-state index contributed by atoms with van der Waals surface area (Å²) in [4.78, 5) is 24.9. The average molecular weight is 415 g/mol. The third kappa shape index (κ3) is 3.98. The van der Waals surface area contributed by atoms with Gasteiger partial charge in [0.05, 0.1) is 19.8 Å². The number of esters is 2. The number of hydrogen-bond acceptors (Lipinski definition) is 11. The second-order valence-corrected chi connectivity index (χ2v) is 6.98. The second kappa shape index (κ2) is 8.32. The quantitative estimate of drug-likeness (QED) is 0.549. The molecule has 3 heterocycles. The third-order valence-corrected chi connectivity index (χ3v) is 4.53. The van der Waals surface area contributed by atoms with Crippen molar-refractivity contribution in [3.63, 3.8) is 0 Å². The van der Waals surface area contributed by atoms with Gasteiger partial charge in [-0.3, -0.25) is 0 Å². The second-order valence-electron chi connectivity index (χ2n) is 6.98. The van der Waals surface area contributed by atoms with Gasteiger partial charge in [0.2, 0.25) is 5.69 Å². The predicted octanol–water partition coefficient (Wildman–Crippen LogP) is -0.598. The molecule has 0 amide bonds. The standard InChI is InChI=1S/C17H25N3O9/c1-5-25-14(23)9-10(15(24)26-6-2)20(19-18-9)11-12(8(22)7-21)27-16-13(11)28-17(3,4)29-16/h8,11-13,16,21-22H,5-7H2,1-4H3/t8-,11+,12-,13-,16-/m1/s1. The maximum Gasteiger partial charge on any atom is 0.361 e. The van der Waals surface area contributed by atoms with Crippen molar-refractivity contribution < 1.29 is 43.5 Å². The smallest absolute Gasteiger partial charge is 0.361 e. The van der Waals surface area contributed by atoms with Crippen molar-refractivity contribution in [1.29, 1.82) is 0 Å². The lowest BCUT2D eigenvalue weighted by atomic mass is 10.0. The molecule has 1 aromatic rings. The molecule has 29 heavy (non-hydrogen) atoms. The Kier molecular flexibility index (Phi) is 6.19. The Labute approximate surface area is 166 Å². The van der Waals surface area contributed by atoms with Crippen LogP contribution in [-0.2, 0) is 23.7 Å². The maximum absolute atomic E-state index is 12.6. The van der Waals surface area contributed by atoms with Gasteiger partial charge in [0.1, 0.15) is 24.4 Å². The van der Waals surface area contributed by atoms with Crippen LogP contribution < -0.4 is 0 Å². The predicted molar refractivity (Wildman–Crippen MR) is 92.8 cm³/mol. The summed E-state index contributed by atoms with van der Waals surface area (Å²) in [6, 6.07) is -0.931. The number of aliphatic hydroxyl groups is 2. The fourth-order valence-corrected chi connectivity index (χ4v) is 3.45. The van der Waals surface area contributed by atoms with Gasteiger partial charge < -0.3 is 33.9 Å². The summed E-state index contributed by atoms with van der Waals surface area (Å²) in [5.41, 5.74) is -0.591. The molecular weight excluding hydrogens is 390 g/mol. The Morgan fingerprint density at radius 1 is 1.21 bits per heavy atom. The molecule has 0 unspecified atom stereocenters. The number of aromatic nitrogens is 3. The van der Waals surface area contributed by atoms with E-state index >= 15 is 0 Å². The van der Waals surface area contributed by atoms with Crippen molar-refractivity contribution in [3.8, 4) is 0 Å². The minimum absolute atomic E-state index is 0.0504. The van der Waals surface area contributed by atoms with Crippen LogP contribution in [0.5, 0.6) is 0 Å². The molecule has 12 nitrogen and oxygen atoms in total. The van der Waals surface area contributed by atoms with Crippen LogP contribution in [-0.4, -0.2) is 87.4 Å². The molecule has 2 aliphatic heterocycles. The number of aliphatic hydroxyl groups excluding tert-OH is 2. The topological polar surface area (TPSA) is 151 Å². The van der Waals surface area contributed by atoms with Gasteiger partial charge in [0.15, 0.2) is 17.8 Å². The number of nitrogens with zero attached hydrogens (tertiary/aromatic N) is 3. The van der Waals surface area contributed by atoms with Crippen LogP contribution in [0.2, 0.25) is 0 Å². The number of ether oxygens (including phenoxy) is 5. The normalized spacial score (nSPS) is 28.8. The van der Waals surface area contributed by atoms with Gasteiger partial charge >= 0.3 is 11.9 Å². The molecule has 0 aromatic carbocycles. The van der Waals surface area contributed by atoms with E-state index in [0.717, 1.165) is 4.68 Å². The SMILES string of the molecule is CCOC(=O)c1nnn([C@@H]2[C@H]3OC(C)(C)O[C@H]3O[C@@H]2[C@H](O)CO)c1C(=O)OCC. The van der Waals surface area contributed by atoms with Crippen molar-refractivity contribution in [3.05, 3.63) is 11.4 Å². The molecule has 3 rings (SSSR count). The molecule has 0 spiro atoms. The molecule has 162 valence electrons. The van der Waals surface area contributed by atoms with Crippen LogP contribution in [0, 0.1) is 0 Å². The van der Waals surface area contributed by atoms with E-state index in [-0.39, 0.29) is 24.6 Å². The Hall–Kier alpha value is -2.12. The van der Waals surface area contributed by atoms with Gasteiger partial charge in [0.25, 0.3) is 0 Å². The molecule has 0 aliphatic carbocycles. The molecule has 2 N–H and O–H groups in total. The summed E-state index contributed by atoms with van der Waals surface area (Å²) in [5, 5.41) is 27.4. The first-order valence-corrected chi connectivity index (χ1v) is 9.33. The fraction of sp³-hybridized carbons (Fsp3) is 0.765. The Balaban J connectivity index is 2.07. The van der Waals surface area contributed by atoms with Gasteiger partial charge in [-0.25, -0.2) is 14.3 Å².